The number of hydrogen-bond acceptors (Lipinski definition) is 4. The maximum atomic E-state index is 13.0. The first-order chi connectivity index (χ1) is 12.5. The van der Waals surface area contributed by atoms with Crippen LogP contribution in [0.1, 0.15) is 28.8 Å². The van der Waals surface area contributed by atoms with E-state index in [0.717, 1.165) is 30.5 Å². The minimum atomic E-state index is -3.73. The molecule has 1 heterocycles. The van der Waals surface area contributed by atoms with Crippen molar-refractivity contribution in [2.75, 3.05) is 18.6 Å². The van der Waals surface area contributed by atoms with E-state index in [-0.39, 0.29) is 22.6 Å². The maximum Gasteiger partial charge on any atom is 0.258 e. The normalized spacial score (nSPS) is 16.4. The number of hydrogen-bond donors (Lipinski definition) is 1. The van der Waals surface area contributed by atoms with E-state index in [9.17, 15) is 13.2 Å². The van der Waals surface area contributed by atoms with Gasteiger partial charge in [0.2, 0.25) is 10.0 Å². The molecule has 4 rings (SSSR count). The molecule has 2 aliphatic rings. The summed E-state index contributed by atoms with van der Waals surface area (Å²) < 4.78 is 33.1. The maximum absolute atomic E-state index is 13.0. The number of benzene rings is 2. The number of anilines is 1. The molecule has 1 aliphatic heterocycles. The monoisotopic (exact) mass is 372 g/mol. The summed E-state index contributed by atoms with van der Waals surface area (Å²) in [5.41, 5.74) is 2.34. The molecule has 1 aliphatic carbocycles. The Labute approximate surface area is 152 Å². The second kappa shape index (κ2) is 6.41. The van der Waals surface area contributed by atoms with Crippen LogP contribution in [0.3, 0.4) is 0 Å². The van der Waals surface area contributed by atoms with Crippen LogP contribution in [0.4, 0.5) is 5.69 Å². The fourth-order valence-electron chi connectivity index (χ4n) is 3.21. The summed E-state index contributed by atoms with van der Waals surface area (Å²) in [5.74, 6) is 0.0250. The third kappa shape index (κ3) is 3.08. The van der Waals surface area contributed by atoms with Gasteiger partial charge in [0.25, 0.3) is 5.91 Å². The molecule has 0 aromatic heterocycles. The van der Waals surface area contributed by atoms with Crippen LogP contribution in [0.25, 0.3) is 0 Å². The zero-order chi connectivity index (χ0) is 18.3. The van der Waals surface area contributed by atoms with Crippen LogP contribution in [0.15, 0.2) is 47.4 Å². The van der Waals surface area contributed by atoms with Gasteiger partial charge in [0.15, 0.2) is 0 Å². The van der Waals surface area contributed by atoms with Gasteiger partial charge >= 0.3 is 0 Å². The topological polar surface area (TPSA) is 75.7 Å². The van der Waals surface area contributed by atoms with E-state index < -0.39 is 10.0 Å². The van der Waals surface area contributed by atoms with Crippen LogP contribution in [0.5, 0.6) is 5.75 Å². The standard InChI is InChI=1S/C19H20N2O4S/c1-25-17-9-6-14(12-18(17)26(23,24)20-15-7-8-15)19(22)21-11-10-13-4-2-3-5-16(13)21/h2-6,9,12,15,20H,7-8,10-11H2,1H3. The first kappa shape index (κ1) is 17.1. The van der Waals surface area contributed by atoms with E-state index in [2.05, 4.69) is 4.72 Å². The lowest BCUT2D eigenvalue weighted by Crippen LogP contribution is -2.30. The van der Waals surface area contributed by atoms with Gasteiger partial charge in [-0.2, -0.15) is 0 Å². The fourth-order valence-corrected chi connectivity index (χ4v) is 4.71. The highest BCUT2D eigenvalue weighted by Gasteiger charge is 2.31. The van der Waals surface area contributed by atoms with Crippen molar-refractivity contribution in [2.24, 2.45) is 0 Å². The Morgan fingerprint density at radius 1 is 1.19 bits per heavy atom. The van der Waals surface area contributed by atoms with Crippen LogP contribution in [0.2, 0.25) is 0 Å². The summed E-state index contributed by atoms with van der Waals surface area (Å²) in [7, 11) is -2.31. The zero-order valence-electron chi connectivity index (χ0n) is 14.4. The van der Waals surface area contributed by atoms with E-state index in [1.807, 2.05) is 24.3 Å². The molecule has 0 unspecified atom stereocenters. The van der Waals surface area contributed by atoms with Gasteiger partial charge in [-0.05, 0) is 49.1 Å². The smallest absolute Gasteiger partial charge is 0.258 e. The average molecular weight is 372 g/mol. The molecule has 2 aromatic rings. The molecule has 1 amide bonds. The Morgan fingerprint density at radius 3 is 2.69 bits per heavy atom. The summed E-state index contributed by atoms with van der Waals surface area (Å²) >= 11 is 0. The van der Waals surface area contributed by atoms with Crippen molar-refractivity contribution in [2.45, 2.75) is 30.2 Å². The average Bonchev–Trinajstić information content (AvgIpc) is 3.34. The van der Waals surface area contributed by atoms with Crippen molar-refractivity contribution in [3.63, 3.8) is 0 Å². The number of nitrogens with one attached hydrogen (secondary N) is 1. The van der Waals surface area contributed by atoms with Gasteiger partial charge in [-0.1, -0.05) is 18.2 Å². The molecule has 1 saturated carbocycles. The summed E-state index contributed by atoms with van der Waals surface area (Å²) in [6.45, 7) is 0.590. The van der Waals surface area contributed by atoms with E-state index in [1.54, 1.807) is 11.0 Å². The molecule has 136 valence electrons. The van der Waals surface area contributed by atoms with Gasteiger partial charge < -0.3 is 9.64 Å². The SMILES string of the molecule is COc1ccc(C(=O)N2CCc3ccccc32)cc1S(=O)(=O)NC1CC1. The fraction of sp³-hybridized carbons (Fsp3) is 0.316. The number of amides is 1. The van der Waals surface area contributed by atoms with Crippen molar-refractivity contribution in [1.29, 1.82) is 0 Å². The molecule has 0 saturated heterocycles. The molecule has 26 heavy (non-hydrogen) atoms. The van der Waals surface area contributed by atoms with Crippen molar-refractivity contribution >= 4 is 21.6 Å². The van der Waals surface area contributed by atoms with E-state index in [4.69, 9.17) is 4.74 Å². The lowest BCUT2D eigenvalue weighted by Gasteiger charge is -2.18. The molecule has 7 heteroatoms. The third-order valence-corrected chi connectivity index (χ3v) is 6.27. The Kier molecular flexibility index (Phi) is 4.20. The lowest BCUT2D eigenvalue weighted by atomic mass is 10.1. The second-order valence-corrected chi connectivity index (χ2v) is 8.28. The van der Waals surface area contributed by atoms with E-state index in [1.165, 1.54) is 19.2 Å². The van der Waals surface area contributed by atoms with Crippen LogP contribution in [-0.2, 0) is 16.4 Å². The minimum Gasteiger partial charge on any atom is -0.495 e. The number of sulfonamides is 1. The Morgan fingerprint density at radius 2 is 1.96 bits per heavy atom. The Hall–Kier alpha value is -2.38. The number of rotatable bonds is 5. The molecule has 2 aromatic carbocycles. The highest BCUT2D eigenvalue weighted by molar-refractivity contribution is 7.89. The summed E-state index contributed by atoms with van der Waals surface area (Å²) in [5, 5.41) is 0. The quantitative estimate of drug-likeness (QED) is 0.874. The molecule has 0 atom stereocenters. The molecular formula is C19H20N2O4S. The number of methoxy groups -OCH3 is 1. The van der Waals surface area contributed by atoms with Gasteiger partial charge in [0.1, 0.15) is 10.6 Å². The molecule has 0 radical (unpaired) electrons. The van der Waals surface area contributed by atoms with Gasteiger partial charge in [0.05, 0.1) is 7.11 Å². The molecule has 1 fully saturated rings. The first-order valence-corrected chi connectivity index (χ1v) is 10.1. The zero-order valence-corrected chi connectivity index (χ0v) is 15.3. The Balaban J connectivity index is 1.69. The predicted molar refractivity (Wildman–Crippen MR) is 98.2 cm³/mol. The van der Waals surface area contributed by atoms with Crippen molar-refractivity contribution in [3.05, 3.63) is 53.6 Å². The largest absolute Gasteiger partial charge is 0.495 e. The summed E-state index contributed by atoms with van der Waals surface area (Å²) in [6, 6.07) is 12.3. The third-order valence-electron chi connectivity index (χ3n) is 4.73. The number of ether oxygens (including phenoxy) is 1. The second-order valence-electron chi connectivity index (χ2n) is 6.60. The molecule has 0 bridgehead atoms. The molecule has 6 nitrogen and oxygen atoms in total. The molecule has 1 N–H and O–H groups in total. The summed E-state index contributed by atoms with van der Waals surface area (Å²) in [4.78, 5) is 14.7. The van der Waals surface area contributed by atoms with E-state index >= 15 is 0 Å². The van der Waals surface area contributed by atoms with Crippen LogP contribution >= 0.6 is 0 Å². The Bertz CT molecular complexity index is 967. The lowest BCUT2D eigenvalue weighted by molar-refractivity contribution is 0.0989. The van der Waals surface area contributed by atoms with Gasteiger partial charge in [-0.15, -0.1) is 0 Å². The number of nitrogens with zero attached hydrogens (tertiary/aromatic N) is 1. The van der Waals surface area contributed by atoms with Crippen molar-refractivity contribution in [3.8, 4) is 5.75 Å². The van der Waals surface area contributed by atoms with Crippen LogP contribution in [-0.4, -0.2) is 34.0 Å². The summed E-state index contributed by atoms with van der Waals surface area (Å²) in [6.07, 6.45) is 2.47. The molecular weight excluding hydrogens is 352 g/mol. The predicted octanol–water partition coefficient (Wildman–Crippen LogP) is 2.34. The number of carbonyl (C=O) groups excluding carboxylic acids is 1. The van der Waals surface area contributed by atoms with Crippen molar-refractivity contribution < 1.29 is 17.9 Å². The van der Waals surface area contributed by atoms with Gasteiger partial charge in [-0.25, -0.2) is 13.1 Å². The molecule has 0 spiro atoms. The number of carbonyl (C=O) groups is 1. The van der Waals surface area contributed by atoms with Crippen LogP contribution < -0.4 is 14.4 Å². The number of para-hydroxylation sites is 1. The highest BCUT2D eigenvalue weighted by atomic mass is 32.2. The van der Waals surface area contributed by atoms with Gasteiger partial charge in [-0.3, -0.25) is 4.79 Å². The van der Waals surface area contributed by atoms with Crippen molar-refractivity contribution in [1.82, 2.24) is 4.72 Å². The number of fused-ring (bicyclic) bond motifs is 1. The van der Waals surface area contributed by atoms with Gasteiger partial charge in [0, 0.05) is 23.8 Å². The first-order valence-electron chi connectivity index (χ1n) is 8.60. The van der Waals surface area contributed by atoms with E-state index in [0.29, 0.717) is 12.1 Å². The van der Waals surface area contributed by atoms with Crippen LogP contribution in [0, 0.1) is 0 Å². The highest BCUT2D eigenvalue weighted by Crippen LogP contribution is 2.32. The minimum absolute atomic E-state index is 0.00484.